The molecule has 0 radical (unpaired) electrons. The summed E-state index contributed by atoms with van der Waals surface area (Å²) in [6, 6.07) is 4.87. The lowest BCUT2D eigenvalue weighted by atomic mass is 9.95. The quantitative estimate of drug-likeness (QED) is 0.795. The second kappa shape index (κ2) is 6.04. The van der Waals surface area contributed by atoms with Crippen LogP contribution in [0.2, 0.25) is 5.02 Å². The maximum absolute atomic E-state index is 11.9. The standard InChI is InChI=1S/C13H18ClN3O2/c1-13(2,3)12(19)16-8-4-5-9(14)10(6-8)17-11(18)7-15/h4-6H,7,15H2,1-3H3,(H,16,19)(H,17,18). The molecule has 5 nitrogen and oxygen atoms in total. The molecular formula is C13H18ClN3O2. The van der Waals surface area contributed by atoms with Gasteiger partial charge in [0.1, 0.15) is 0 Å². The zero-order chi connectivity index (χ0) is 14.6. The predicted octanol–water partition coefficient (Wildman–Crippen LogP) is 2.22. The van der Waals surface area contributed by atoms with Crippen molar-refractivity contribution in [2.75, 3.05) is 17.2 Å². The third-order valence-corrected chi connectivity index (χ3v) is 2.69. The van der Waals surface area contributed by atoms with Gasteiger partial charge in [0.15, 0.2) is 0 Å². The van der Waals surface area contributed by atoms with Gasteiger partial charge in [-0.3, -0.25) is 9.59 Å². The summed E-state index contributed by atoms with van der Waals surface area (Å²) < 4.78 is 0. The minimum absolute atomic E-state index is 0.120. The molecule has 1 rings (SSSR count). The molecule has 104 valence electrons. The molecular weight excluding hydrogens is 266 g/mol. The number of hydrogen-bond donors (Lipinski definition) is 3. The maximum Gasteiger partial charge on any atom is 0.238 e. The smallest absolute Gasteiger partial charge is 0.238 e. The summed E-state index contributed by atoms with van der Waals surface area (Å²) in [5.41, 5.74) is 5.71. The van der Waals surface area contributed by atoms with Gasteiger partial charge in [0, 0.05) is 11.1 Å². The summed E-state index contributed by atoms with van der Waals surface area (Å²) in [5.74, 6) is -0.466. The van der Waals surface area contributed by atoms with Crippen LogP contribution in [0.1, 0.15) is 20.8 Å². The van der Waals surface area contributed by atoms with E-state index in [-0.39, 0.29) is 18.4 Å². The van der Waals surface area contributed by atoms with E-state index in [1.807, 2.05) is 20.8 Å². The molecule has 2 amide bonds. The van der Waals surface area contributed by atoms with Crippen molar-refractivity contribution in [3.05, 3.63) is 23.2 Å². The summed E-state index contributed by atoms with van der Waals surface area (Å²) in [5, 5.41) is 5.71. The SMILES string of the molecule is CC(C)(C)C(=O)Nc1ccc(Cl)c(NC(=O)CN)c1. The van der Waals surface area contributed by atoms with Gasteiger partial charge >= 0.3 is 0 Å². The predicted molar refractivity (Wildman–Crippen MR) is 77.2 cm³/mol. The van der Waals surface area contributed by atoms with Crippen molar-refractivity contribution < 1.29 is 9.59 Å². The minimum atomic E-state index is -0.500. The van der Waals surface area contributed by atoms with Crippen LogP contribution in [0.5, 0.6) is 0 Å². The van der Waals surface area contributed by atoms with Crippen molar-refractivity contribution in [2.45, 2.75) is 20.8 Å². The van der Waals surface area contributed by atoms with Crippen LogP contribution in [0.25, 0.3) is 0 Å². The number of benzene rings is 1. The van der Waals surface area contributed by atoms with Gasteiger partial charge in [0.2, 0.25) is 11.8 Å². The highest BCUT2D eigenvalue weighted by Gasteiger charge is 2.21. The maximum atomic E-state index is 11.9. The lowest BCUT2D eigenvalue weighted by Crippen LogP contribution is -2.27. The van der Waals surface area contributed by atoms with Crippen molar-refractivity contribution in [2.24, 2.45) is 11.1 Å². The zero-order valence-electron chi connectivity index (χ0n) is 11.2. The number of rotatable bonds is 3. The topological polar surface area (TPSA) is 84.2 Å². The van der Waals surface area contributed by atoms with E-state index in [0.29, 0.717) is 16.4 Å². The third kappa shape index (κ3) is 4.54. The molecule has 0 saturated heterocycles. The largest absolute Gasteiger partial charge is 0.326 e. The first-order valence-corrected chi connectivity index (χ1v) is 6.23. The van der Waals surface area contributed by atoms with E-state index in [1.54, 1.807) is 18.2 Å². The van der Waals surface area contributed by atoms with E-state index in [4.69, 9.17) is 17.3 Å². The molecule has 19 heavy (non-hydrogen) atoms. The van der Waals surface area contributed by atoms with Crippen LogP contribution in [0, 0.1) is 5.41 Å². The van der Waals surface area contributed by atoms with Crippen molar-refractivity contribution in [1.82, 2.24) is 0 Å². The molecule has 0 atom stereocenters. The van der Waals surface area contributed by atoms with Crippen molar-refractivity contribution in [3.8, 4) is 0 Å². The fourth-order valence-corrected chi connectivity index (χ4v) is 1.38. The molecule has 0 aromatic heterocycles. The Bertz CT molecular complexity index is 495. The van der Waals surface area contributed by atoms with E-state index in [9.17, 15) is 9.59 Å². The highest BCUT2D eigenvalue weighted by atomic mass is 35.5. The average Bonchev–Trinajstić information content (AvgIpc) is 2.32. The number of nitrogens with two attached hydrogens (primary N) is 1. The van der Waals surface area contributed by atoms with Crippen molar-refractivity contribution in [3.63, 3.8) is 0 Å². The molecule has 0 aliphatic heterocycles. The summed E-state index contributed by atoms with van der Waals surface area (Å²) in [7, 11) is 0. The van der Waals surface area contributed by atoms with Crippen LogP contribution < -0.4 is 16.4 Å². The Morgan fingerprint density at radius 3 is 2.42 bits per heavy atom. The van der Waals surface area contributed by atoms with E-state index in [2.05, 4.69) is 10.6 Å². The van der Waals surface area contributed by atoms with Crippen LogP contribution in [0.4, 0.5) is 11.4 Å². The fraction of sp³-hybridized carbons (Fsp3) is 0.385. The summed E-state index contributed by atoms with van der Waals surface area (Å²) in [6.45, 7) is 5.31. The Morgan fingerprint density at radius 1 is 1.26 bits per heavy atom. The molecule has 0 aliphatic carbocycles. The Kier molecular flexibility index (Phi) is 4.91. The highest BCUT2D eigenvalue weighted by Crippen LogP contribution is 2.26. The van der Waals surface area contributed by atoms with Gasteiger partial charge in [-0.1, -0.05) is 32.4 Å². The number of halogens is 1. The molecule has 1 aromatic carbocycles. The van der Waals surface area contributed by atoms with Gasteiger partial charge in [-0.05, 0) is 18.2 Å². The number of carbonyl (C=O) groups is 2. The van der Waals surface area contributed by atoms with Crippen LogP contribution in [-0.2, 0) is 9.59 Å². The van der Waals surface area contributed by atoms with Gasteiger partial charge < -0.3 is 16.4 Å². The van der Waals surface area contributed by atoms with Crippen LogP contribution in [0.3, 0.4) is 0 Å². The number of amides is 2. The highest BCUT2D eigenvalue weighted by molar-refractivity contribution is 6.33. The first-order chi connectivity index (χ1) is 8.74. The number of anilines is 2. The van der Waals surface area contributed by atoms with Gasteiger partial charge in [0.25, 0.3) is 0 Å². The van der Waals surface area contributed by atoms with E-state index in [1.165, 1.54) is 0 Å². The molecule has 0 bridgehead atoms. The second-order valence-electron chi connectivity index (χ2n) is 5.15. The molecule has 0 unspecified atom stereocenters. The Hall–Kier alpha value is -1.59. The van der Waals surface area contributed by atoms with E-state index in [0.717, 1.165) is 0 Å². The molecule has 0 saturated carbocycles. The second-order valence-corrected chi connectivity index (χ2v) is 5.56. The average molecular weight is 284 g/mol. The summed E-state index contributed by atoms with van der Waals surface area (Å²) in [6.07, 6.45) is 0. The number of hydrogen-bond acceptors (Lipinski definition) is 3. The molecule has 6 heteroatoms. The number of carbonyl (C=O) groups excluding carboxylic acids is 2. The van der Waals surface area contributed by atoms with E-state index >= 15 is 0 Å². The van der Waals surface area contributed by atoms with Gasteiger partial charge in [0.05, 0.1) is 17.3 Å². The molecule has 0 fully saturated rings. The minimum Gasteiger partial charge on any atom is -0.326 e. The lowest BCUT2D eigenvalue weighted by molar-refractivity contribution is -0.123. The zero-order valence-corrected chi connectivity index (χ0v) is 12.0. The lowest BCUT2D eigenvalue weighted by Gasteiger charge is -2.18. The first-order valence-electron chi connectivity index (χ1n) is 5.85. The summed E-state index contributed by atoms with van der Waals surface area (Å²) >= 11 is 5.96. The fourth-order valence-electron chi connectivity index (χ4n) is 1.22. The third-order valence-electron chi connectivity index (χ3n) is 2.36. The van der Waals surface area contributed by atoms with Gasteiger partial charge in [-0.15, -0.1) is 0 Å². The van der Waals surface area contributed by atoms with Crippen LogP contribution in [-0.4, -0.2) is 18.4 Å². The van der Waals surface area contributed by atoms with Gasteiger partial charge in [-0.25, -0.2) is 0 Å². The first kappa shape index (κ1) is 15.5. The van der Waals surface area contributed by atoms with Crippen molar-refractivity contribution in [1.29, 1.82) is 0 Å². The van der Waals surface area contributed by atoms with Crippen LogP contribution in [0.15, 0.2) is 18.2 Å². The van der Waals surface area contributed by atoms with E-state index < -0.39 is 5.41 Å². The van der Waals surface area contributed by atoms with Crippen molar-refractivity contribution >= 4 is 34.8 Å². The molecule has 0 aliphatic rings. The number of nitrogens with one attached hydrogen (secondary N) is 2. The summed E-state index contributed by atoms with van der Waals surface area (Å²) in [4.78, 5) is 23.1. The van der Waals surface area contributed by atoms with Gasteiger partial charge in [-0.2, -0.15) is 0 Å². The molecule has 1 aromatic rings. The Labute approximate surface area is 117 Å². The Balaban J connectivity index is 2.90. The normalized spacial score (nSPS) is 11.0. The molecule has 0 heterocycles. The van der Waals surface area contributed by atoms with Crippen LogP contribution >= 0.6 is 11.6 Å². The Morgan fingerprint density at radius 2 is 1.89 bits per heavy atom. The molecule has 0 spiro atoms. The monoisotopic (exact) mass is 283 g/mol. The molecule has 4 N–H and O–H groups in total.